The topological polar surface area (TPSA) is 66.5 Å². The smallest absolute Gasteiger partial charge is 0.406 e. The van der Waals surface area contributed by atoms with Gasteiger partial charge in [-0.25, -0.2) is 4.98 Å². The lowest BCUT2D eigenvalue weighted by Gasteiger charge is -2.30. The van der Waals surface area contributed by atoms with E-state index < -0.39 is 6.36 Å². The second-order valence-electron chi connectivity index (χ2n) is 9.35. The number of ether oxygens (including phenoxy) is 1. The number of alkyl halides is 3. The number of pyridine rings is 1. The molecule has 0 spiro atoms. The molecule has 37 heavy (non-hydrogen) atoms. The van der Waals surface area contributed by atoms with Gasteiger partial charge in [-0.1, -0.05) is 12.1 Å². The van der Waals surface area contributed by atoms with Gasteiger partial charge in [0.2, 0.25) is 5.91 Å². The Balaban J connectivity index is 1.61. The molecule has 1 aromatic heterocycles. The normalized spacial score (nSPS) is 12.2. The van der Waals surface area contributed by atoms with Crippen molar-refractivity contribution in [3.05, 3.63) is 65.7 Å². The Morgan fingerprint density at radius 2 is 1.73 bits per heavy atom. The molecule has 1 heterocycles. The van der Waals surface area contributed by atoms with Crippen LogP contribution in [-0.2, 0) is 4.79 Å². The number of carbonyl (C=O) groups is 1. The second kappa shape index (κ2) is 12.1. The molecule has 3 aromatic rings. The summed E-state index contributed by atoms with van der Waals surface area (Å²) < 4.78 is 40.7. The molecule has 0 radical (unpaired) electrons. The van der Waals surface area contributed by atoms with Crippen molar-refractivity contribution in [3.8, 4) is 5.75 Å². The van der Waals surface area contributed by atoms with Gasteiger partial charge in [-0.3, -0.25) is 9.69 Å². The highest BCUT2D eigenvalue weighted by Gasteiger charge is 2.30. The maximum Gasteiger partial charge on any atom is 0.573 e. The minimum atomic E-state index is -4.74. The van der Waals surface area contributed by atoms with Crippen LogP contribution in [0.4, 0.5) is 24.7 Å². The number of anilines is 2. The van der Waals surface area contributed by atoms with E-state index in [4.69, 9.17) is 4.98 Å². The number of nitrogens with zero attached hydrogens (tertiary/aromatic N) is 2. The molecule has 2 N–H and O–H groups in total. The molecule has 2 aromatic carbocycles. The zero-order valence-corrected chi connectivity index (χ0v) is 21.7. The monoisotopic (exact) mass is 514 g/mol. The van der Waals surface area contributed by atoms with Gasteiger partial charge in [0, 0.05) is 42.3 Å². The Morgan fingerprint density at radius 3 is 2.35 bits per heavy atom. The van der Waals surface area contributed by atoms with Gasteiger partial charge in [0.1, 0.15) is 11.6 Å². The minimum absolute atomic E-state index is 0.319. The van der Waals surface area contributed by atoms with Crippen molar-refractivity contribution in [1.29, 1.82) is 0 Å². The first-order valence-electron chi connectivity index (χ1n) is 12.2. The minimum Gasteiger partial charge on any atom is -0.406 e. The van der Waals surface area contributed by atoms with Crippen molar-refractivity contribution in [1.82, 2.24) is 9.88 Å². The zero-order valence-electron chi connectivity index (χ0n) is 21.7. The van der Waals surface area contributed by atoms with Crippen LogP contribution < -0.4 is 15.4 Å². The van der Waals surface area contributed by atoms with Crippen LogP contribution >= 0.6 is 0 Å². The van der Waals surface area contributed by atoms with Crippen molar-refractivity contribution in [2.45, 2.75) is 53.1 Å². The molecule has 0 bridgehead atoms. The average molecular weight is 515 g/mol. The van der Waals surface area contributed by atoms with Crippen LogP contribution in [0.1, 0.15) is 38.8 Å². The third-order valence-corrected chi connectivity index (χ3v) is 5.83. The molecule has 0 aliphatic heterocycles. The number of halogens is 3. The van der Waals surface area contributed by atoms with Gasteiger partial charge in [0.25, 0.3) is 0 Å². The lowest BCUT2D eigenvalue weighted by molar-refractivity contribution is -0.274. The van der Waals surface area contributed by atoms with Gasteiger partial charge in [0.15, 0.2) is 0 Å². The molecule has 0 fully saturated rings. The Hall–Kier alpha value is -3.59. The first kappa shape index (κ1) is 28.0. The second-order valence-corrected chi connectivity index (χ2v) is 9.35. The standard InChI is InChI=1S/C28H33F3N4O2/c1-18(2)35(19(3)4)15-14-32-26-16-20(5)24-17-22(9-12-25(24)34-26)33-27(36)13-8-21-6-10-23(11-7-21)37-28(29,30)31/h6-13,16-19H,14-15H2,1-5H3,(H,32,34)(H,33,36). The van der Waals surface area contributed by atoms with Crippen LogP contribution in [0, 0.1) is 6.92 Å². The molecule has 3 rings (SSSR count). The van der Waals surface area contributed by atoms with E-state index in [2.05, 4.69) is 48.0 Å². The van der Waals surface area contributed by atoms with Crippen LogP contribution in [0.3, 0.4) is 0 Å². The Labute approximate surface area is 215 Å². The fraction of sp³-hybridized carbons (Fsp3) is 0.357. The van der Waals surface area contributed by atoms with Crippen LogP contribution in [0.25, 0.3) is 17.0 Å². The largest absolute Gasteiger partial charge is 0.573 e. The van der Waals surface area contributed by atoms with Gasteiger partial charge in [-0.05, 0) is 88.2 Å². The van der Waals surface area contributed by atoms with Gasteiger partial charge < -0.3 is 15.4 Å². The summed E-state index contributed by atoms with van der Waals surface area (Å²) in [5.41, 5.74) is 3.03. The fourth-order valence-electron chi connectivity index (χ4n) is 4.12. The number of fused-ring (bicyclic) bond motifs is 1. The van der Waals surface area contributed by atoms with Crippen molar-refractivity contribution < 1.29 is 22.7 Å². The summed E-state index contributed by atoms with van der Waals surface area (Å²) >= 11 is 0. The molecule has 0 saturated carbocycles. The summed E-state index contributed by atoms with van der Waals surface area (Å²) in [4.78, 5) is 19.5. The molecular weight excluding hydrogens is 481 g/mol. The number of carbonyl (C=O) groups excluding carboxylic acids is 1. The predicted octanol–water partition coefficient (Wildman–Crippen LogP) is 6.62. The molecule has 0 unspecified atom stereocenters. The van der Waals surface area contributed by atoms with Crippen molar-refractivity contribution in [2.75, 3.05) is 23.7 Å². The summed E-state index contributed by atoms with van der Waals surface area (Å²) in [7, 11) is 0. The van der Waals surface area contributed by atoms with E-state index in [1.54, 1.807) is 6.07 Å². The van der Waals surface area contributed by atoms with Crippen LogP contribution in [0.2, 0.25) is 0 Å². The number of hydrogen-bond acceptors (Lipinski definition) is 5. The van der Waals surface area contributed by atoms with E-state index in [-0.39, 0.29) is 11.7 Å². The lowest BCUT2D eigenvalue weighted by Crippen LogP contribution is -2.40. The molecule has 0 aliphatic carbocycles. The average Bonchev–Trinajstić information content (AvgIpc) is 2.80. The van der Waals surface area contributed by atoms with Crippen molar-refractivity contribution in [3.63, 3.8) is 0 Å². The predicted molar refractivity (Wildman–Crippen MR) is 143 cm³/mol. The molecule has 0 aliphatic rings. The van der Waals surface area contributed by atoms with Gasteiger partial charge >= 0.3 is 6.36 Å². The maximum absolute atomic E-state index is 12.4. The van der Waals surface area contributed by atoms with E-state index in [1.165, 1.54) is 36.4 Å². The van der Waals surface area contributed by atoms with Gasteiger partial charge in [-0.2, -0.15) is 0 Å². The Morgan fingerprint density at radius 1 is 1.05 bits per heavy atom. The number of aryl methyl sites for hydroxylation is 1. The maximum atomic E-state index is 12.4. The fourth-order valence-corrected chi connectivity index (χ4v) is 4.12. The van der Waals surface area contributed by atoms with E-state index in [1.807, 2.05) is 25.1 Å². The SMILES string of the molecule is Cc1cc(NCCN(C(C)C)C(C)C)nc2ccc(NC(=O)C=Cc3ccc(OC(F)(F)F)cc3)cc12. The van der Waals surface area contributed by atoms with Crippen molar-refractivity contribution >= 4 is 34.4 Å². The molecular formula is C28H33F3N4O2. The number of rotatable bonds is 10. The summed E-state index contributed by atoms with van der Waals surface area (Å²) in [5, 5.41) is 7.15. The van der Waals surface area contributed by atoms with E-state index >= 15 is 0 Å². The summed E-state index contributed by atoms with van der Waals surface area (Å²) in [6.45, 7) is 12.5. The molecule has 0 atom stereocenters. The molecule has 0 saturated heterocycles. The lowest BCUT2D eigenvalue weighted by atomic mass is 10.1. The number of nitrogens with one attached hydrogen (secondary N) is 2. The van der Waals surface area contributed by atoms with E-state index in [0.717, 1.165) is 35.4 Å². The Kier molecular flexibility index (Phi) is 9.15. The molecule has 198 valence electrons. The summed E-state index contributed by atoms with van der Waals surface area (Å²) in [6.07, 6.45) is -1.91. The summed E-state index contributed by atoms with van der Waals surface area (Å²) in [6, 6.07) is 13.7. The highest BCUT2D eigenvalue weighted by molar-refractivity contribution is 6.03. The highest BCUT2D eigenvalue weighted by Crippen LogP contribution is 2.25. The number of amides is 1. The van der Waals surface area contributed by atoms with Gasteiger partial charge in [0.05, 0.1) is 5.52 Å². The summed E-state index contributed by atoms with van der Waals surface area (Å²) in [5.74, 6) is 0.128. The number of hydrogen-bond donors (Lipinski definition) is 2. The third kappa shape index (κ3) is 8.49. The third-order valence-electron chi connectivity index (χ3n) is 5.83. The molecule has 1 amide bonds. The van der Waals surface area contributed by atoms with Crippen LogP contribution in [-0.4, -0.2) is 47.3 Å². The number of aromatic nitrogens is 1. The molecule has 6 nitrogen and oxygen atoms in total. The van der Waals surface area contributed by atoms with E-state index in [9.17, 15) is 18.0 Å². The van der Waals surface area contributed by atoms with E-state index in [0.29, 0.717) is 23.3 Å². The quantitative estimate of drug-likeness (QED) is 0.298. The van der Waals surface area contributed by atoms with Crippen LogP contribution in [0.5, 0.6) is 5.75 Å². The highest BCUT2D eigenvalue weighted by atomic mass is 19.4. The van der Waals surface area contributed by atoms with Gasteiger partial charge in [-0.15, -0.1) is 13.2 Å². The first-order valence-corrected chi connectivity index (χ1v) is 12.2. The van der Waals surface area contributed by atoms with Crippen molar-refractivity contribution in [2.24, 2.45) is 0 Å². The first-order chi connectivity index (χ1) is 17.4. The Bertz CT molecular complexity index is 1230. The number of benzene rings is 2. The van der Waals surface area contributed by atoms with Crippen LogP contribution in [0.15, 0.2) is 54.6 Å². The molecule has 9 heteroatoms. The zero-order chi connectivity index (χ0) is 27.2.